The molecular formula is C30H25ClN2O4. The zero-order chi connectivity index (χ0) is 25.5. The van der Waals surface area contributed by atoms with Crippen molar-refractivity contribution in [1.29, 1.82) is 0 Å². The van der Waals surface area contributed by atoms with Crippen LogP contribution in [-0.2, 0) is 5.72 Å². The third-order valence-corrected chi connectivity index (χ3v) is 8.71. The Labute approximate surface area is 219 Å². The maximum atomic E-state index is 14.1. The molecule has 0 saturated heterocycles. The number of nitrogens with zero attached hydrogens (tertiary/aromatic N) is 1. The molecule has 2 aliphatic heterocycles. The fourth-order valence-corrected chi connectivity index (χ4v) is 7.12. The molecule has 7 heteroatoms. The second-order valence-corrected chi connectivity index (χ2v) is 10.8. The summed E-state index contributed by atoms with van der Waals surface area (Å²) in [5.74, 6) is -1.68. The van der Waals surface area contributed by atoms with Gasteiger partial charge in [0.2, 0.25) is 0 Å². The summed E-state index contributed by atoms with van der Waals surface area (Å²) in [6.45, 7) is 0. The van der Waals surface area contributed by atoms with Gasteiger partial charge in [-0.05, 0) is 37.1 Å². The lowest BCUT2D eigenvalue weighted by Crippen LogP contribution is -2.61. The van der Waals surface area contributed by atoms with E-state index in [2.05, 4.69) is 5.32 Å². The van der Waals surface area contributed by atoms with E-state index >= 15 is 0 Å². The Kier molecular flexibility index (Phi) is 4.85. The molecule has 0 bridgehead atoms. The van der Waals surface area contributed by atoms with Gasteiger partial charge in [0, 0.05) is 44.5 Å². The molecule has 7 rings (SSSR count). The monoisotopic (exact) mass is 512 g/mol. The lowest BCUT2D eigenvalue weighted by molar-refractivity contribution is -0.124. The molecule has 3 N–H and O–H groups in total. The van der Waals surface area contributed by atoms with Crippen molar-refractivity contribution in [2.75, 3.05) is 0 Å². The van der Waals surface area contributed by atoms with Crippen molar-refractivity contribution in [3.05, 3.63) is 105 Å². The van der Waals surface area contributed by atoms with Crippen LogP contribution < -0.4 is 5.32 Å². The summed E-state index contributed by atoms with van der Waals surface area (Å²) in [6.07, 6.45) is 3.43. The van der Waals surface area contributed by atoms with Gasteiger partial charge >= 0.3 is 0 Å². The minimum Gasteiger partial charge on any atom is -0.508 e. The largest absolute Gasteiger partial charge is 0.508 e. The Morgan fingerprint density at radius 1 is 0.919 bits per heavy atom. The predicted octanol–water partition coefficient (Wildman–Crippen LogP) is 4.95. The van der Waals surface area contributed by atoms with E-state index in [-0.39, 0.29) is 29.5 Å². The highest BCUT2D eigenvalue weighted by molar-refractivity contribution is 6.30. The molecule has 37 heavy (non-hydrogen) atoms. The quantitative estimate of drug-likeness (QED) is 0.429. The molecule has 1 saturated carbocycles. The van der Waals surface area contributed by atoms with Crippen molar-refractivity contribution in [3.63, 3.8) is 0 Å². The van der Waals surface area contributed by atoms with Crippen molar-refractivity contribution in [1.82, 2.24) is 10.2 Å². The zero-order valence-electron chi connectivity index (χ0n) is 19.9. The lowest BCUT2D eigenvalue weighted by atomic mass is 9.74. The summed E-state index contributed by atoms with van der Waals surface area (Å²) in [5, 5.41) is 28.1. The Balaban J connectivity index is 1.61. The van der Waals surface area contributed by atoms with Gasteiger partial charge in [-0.2, -0.15) is 0 Å². The van der Waals surface area contributed by atoms with E-state index < -0.39 is 11.6 Å². The molecule has 3 aromatic carbocycles. The van der Waals surface area contributed by atoms with Crippen LogP contribution in [0.2, 0.25) is 5.02 Å². The van der Waals surface area contributed by atoms with Crippen LogP contribution in [0.1, 0.15) is 69.0 Å². The Morgan fingerprint density at radius 3 is 2.43 bits per heavy atom. The molecule has 2 aliphatic carbocycles. The SMILES string of the molecule is O=C1C2=C(N[C@H]3CCCC[C@@H]3N3C(=O)c4ccccc4[C@@]3(O)[C@@H]2c2cc(Cl)ccc2O)c2ccccc21. The number of benzene rings is 3. The standard InChI is InChI=1S/C30H25ClN2O4/c31-16-13-14-24(34)20(15-16)26-25-27(17-7-1-2-8-18(17)28(25)35)32-22-11-5-6-12-23(22)33-29(36)19-9-3-4-10-21(19)30(26,33)37/h1-4,7-10,13-15,22-23,26,32,34,37H,5-6,11-12H2/t22-,23-,26+,30+/m0/s1. The highest BCUT2D eigenvalue weighted by Crippen LogP contribution is 2.57. The van der Waals surface area contributed by atoms with E-state index in [0.29, 0.717) is 45.0 Å². The average molecular weight is 513 g/mol. The summed E-state index contributed by atoms with van der Waals surface area (Å²) in [7, 11) is 0. The molecule has 4 atom stereocenters. The third kappa shape index (κ3) is 2.97. The van der Waals surface area contributed by atoms with E-state index in [1.165, 1.54) is 6.07 Å². The topological polar surface area (TPSA) is 89.9 Å². The number of hydrogen-bond acceptors (Lipinski definition) is 5. The highest BCUT2D eigenvalue weighted by Gasteiger charge is 2.61. The Bertz CT molecular complexity index is 1530. The molecule has 0 spiro atoms. The second kappa shape index (κ2) is 7.94. The molecule has 1 amide bonds. The summed E-state index contributed by atoms with van der Waals surface area (Å²) in [6, 6.07) is 18.6. The van der Waals surface area contributed by atoms with Crippen molar-refractivity contribution in [2.45, 2.75) is 49.4 Å². The number of carbonyl (C=O) groups is 2. The third-order valence-electron chi connectivity index (χ3n) is 8.48. The minimum absolute atomic E-state index is 0.101. The van der Waals surface area contributed by atoms with Crippen molar-refractivity contribution in [3.8, 4) is 5.75 Å². The van der Waals surface area contributed by atoms with E-state index in [9.17, 15) is 19.8 Å². The number of halogens is 1. The Hall–Kier alpha value is -3.61. The van der Waals surface area contributed by atoms with E-state index in [1.807, 2.05) is 18.2 Å². The molecule has 0 unspecified atom stereocenters. The van der Waals surface area contributed by atoms with E-state index in [4.69, 9.17) is 11.6 Å². The number of aliphatic hydroxyl groups is 1. The van der Waals surface area contributed by atoms with E-state index in [1.54, 1.807) is 47.4 Å². The van der Waals surface area contributed by atoms with Gasteiger partial charge in [-0.15, -0.1) is 0 Å². The summed E-state index contributed by atoms with van der Waals surface area (Å²) >= 11 is 6.42. The fraction of sp³-hybridized carbons (Fsp3) is 0.267. The number of phenolic OH excluding ortho intramolecular Hbond substituents is 1. The first kappa shape index (κ1) is 22.6. The number of carbonyl (C=O) groups excluding carboxylic acids is 2. The maximum Gasteiger partial charge on any atom is 0.257 e. The first-order valence-electron chi connectivity index (χ1n) is 12.7. The van der Waals surface area contributed by atoms with Gasteiger partial charge in [-0.1, -0.05) is 66.9 Å². The van der Waals surface area contributed by atoms with Gasteiger partial charge in [0.25, 0.3) is 5.91 Å². The van der Waals surface area contributed by atoms with Gasteiger partial charge in [-0.25, -0.2) is 0 Å². The maximum absolute atomic E-state index is 14.1. The number of fused-ring (bicyclic) bond motifs is 7. The minimum atomic E-state index is -1.91. The van der Waals surface area contributed by atoms with Crippen molar-refractivity contribution in [2.24, 2.45) is 0 Å². The molecule has 4 aliphatic rings. The second-order valence-electron chi connectivity index (χ2n) is 10.3. The van der Waals surface area contributed by atoms with Crippen molar-refractivity contribution < 1.29 is 19.8 Å². The molecule has 0 radical (unpaired) electrons. The van der Waals surface area contributed by atoms with Gasteiger partial charge in [-0.3, -0.25) is 9.59 Å². The van der Waals surface area contributed by atoms with Gasteiger partial charge < -0.3 is 20.4 Å². The molecule has 2 heterocycles. The van der Waals surface area contributed by atoms with Crippen LogP contribution in [0.5, 0.6) is 5.75 Å². The van der Waals surface area contributed by atoms with E-state index in [0.717, 1.165) is 24.8 Å². The number of hydrogen-bond donors (Lipinski definition) is 3. The number of Topliss-reactive ketones (excluding diaryl/α,β-unsaturated/α-hetero) is 1. The fourth-order valence-electron chi connectivity index (χ4n) is 6.94. The number of rotatable bonds is 1. The number of amides is 1. The van der Waals surface area contributed by atoms with Crippen LogP contribution in [0, 0.1) is 0 Å². The summed E-state index contributed by atoms with van der Waals surface area (Å²) in [4.78, 5) is 29.7. The van der Waals surface area contributed by atoms with Crippen LogP contribution in [-0.4, -0.2) is 38.9 Å². The molecule has 1 fully saturated rings. The smallest absolute Gasteiger partial charge is 0.257 e. The first-order chi connectivity index (χ1) is 17.9. The van der Waals surface area contributed by atoms with Gasteiger partial charge in [0.05, 0.1) is 17.7 Å². The number of phenols is 1. The van der Waals surface area contributed by atoms with Crippen LogP contribution in [0.25, 0.3) is 5.70 Å². The molecule has 6 nitrogen and oxygen atoms in total. The average Bonchev–Trinajstić information content (AvgIpc) is 3.30. The van der Waals surface area contributed by atoms with Crippen LogP contribution in [0.4, 0.5) is 0 Å². The normalized spacial score (nSPS) is 27.9. The van der Waals surface area contributed by atoms with Crippen molar-refractivity contribution >= 4 is 29.0 Å². The van der Waals surface area contributed by atoms with Crippen LogP contribution in [0.3, 0.4) is 0 Å². The predicted molar refractivity (Wildman–Crippen MR) is 139 cm³/mol. The Morgan fingerprint density at radius 2 is 1.62 bits per heavy atom. The molecular weight excluding hydrogens is 488 g/mol. The number of ketones is 1. The lowest BCUT2D eigenvalue weighted by Gasteiger charge is -2.50. The number of aromatic hydroxyl groups is 1. The van der Waals surface area contributed by atoms with Gasteiger partial charge in [0.1, 0.15) is 5.75 Å². The molecule has 186 valence electrons. The van der Waals surface area contributed by atoms with Crippen LogP contribution >= 0.6 is 11.6 Å². The summed E-state index contributed by atoms with van der Waals surface area (Å²) < 4.78 is 0. The zero-order valence-corrected chi connectivity index (χ0v) is 20.7. The first-order valence-corrected chi connectivity index (χ1v) is 13.1. The molecule has 0 aromatic heterocycles. The molecule has 3 aromatic rings. The summed E-state index contributed by atoms with van der Waals surface area (Å²) in [5.41, 5.74) is 1.54. The number of nitrogens with one attached hydrogen (secondary N) is 1. The van der Waals surface area contributed by atoms with Crippen LogP contribution in [0.15, 0.2) is 72.3 Å². The van der Waals surface area contributed by atoms with Gasteiger partial charge in [0.15, 0.2) is 11.5 Å². The highest BCUT2D eigenvalue weighted by atomic mass is 35.5.